The predicted octanol–water partition coefficient (Wildman–Crippen LogP) is 2.93. The molecule has 1 saturated heterocycles. The summed E-state index contributed by atoms with van der Waals surface area (Å²) in [6.45, 7) is 6.57. The van der Waals surface area contributed by atoms with Crippen molar-refractivity contribution in [3.63, 3.8) is 0 Å². The van der Waals surface area contributed by atoms with Crippen molar-refractivity contribution >= 4 is 23.5 Å². The van der Waals surface area contributed by atoms with Crippen LogP contribution in [0, 0.1) is 13.8 Å². The Balaban J connectivity index is 1.60. The van der Waals surface area contributed by atoms with E-state index in [4.69, 9.17) is 0 Å². The molecule has 3 amide bonds. The molecule has 4 atom stereocenters. The molecule has 3 N–H and O–H groups in total. The first kappa shape index (κ1) is 30.5. The fourth-order valence-electron chi connectivity index (χ4n) is 5.20. The van der Waals surface area contributed by atoms with E-state index in [-0.39, 0.29) is 36.6 Å². The van der Waals surface area contributed by atoms with E-state index in [1.807, 2.05) is 49.4 Å². The molecular weight excluding hydrogens is 534 g/mol. The normalized spacial score (nSPS) is 18.8. The number of aromatic hydroxyl groups is 1. The molecule has 1 unspecified atom stereocenters. The number of Topliss-reactive ketones (excluding diaryl/α,β-unsaturated/α-hetero) is 1. The maximum Gasteiger partial charge on any atom is 0.254 e. The number of rotatable bonds is 8. The monoisotopic (exact) mass is 571 g/mol. The number of nitrogens with zero attached hydrogens (tertiary/aromatic N) is 2. The van der Waals surface area contributed by atoms with E-state index in [0.717, 1.165) is 21.6 Å². The number of amides is 3. The molecule has 0 aliphatic carbocycles. The van der Waals surface area contributed by atoms with Crippen LogP contribution in [0.5, 0.6) is 5.75 Å². The van der Waals surface area contributed by atoms with E-state index >= 15 is 0 Å². The van der Waals surface area contributed by atoms with Crippen LogP contribution in [-0.2, 0) is 27.3 Å². The van der Waals surface area contributed by atoms with Crippen LogP contribution in [0.25, 0.3) is 0 Å². The Hall–Kier alpha value is -4.50. The second kappa shape index (κ2) is 13.0. The lowest BCUT2D eigenvalue weighted by Crippen LogP contribution is -2.56. The zero-order chi connectivity index (χ0) is 30.6. The average Bonchev–Trinajstić information content (AvgIpc) is 3.05. The molecule has 0 saturated carbocycles. The van der Waals surface area contributed by atoms with Crippen LogP contribution in [0.1, 0.15) is 46.5 Å². The summed E-state index contributed by atoms with van der Waals surface area (Å²) >= 11 is 0. The van der Waals surface area contributed by atoms with Crippen molar-refractivity contribution in [3.8, 4) is 5.75 Å². The maximum atomic E-state index is 13.8. The first-order valence-electron chi connectivity index (χ1n) is 14.0. The quantitative estimate of drug-likeness (QED) is 0.382. The van der Waals surface area contributed by atoms with Gasteiger partial charge in [0.15, 0.2) is 11.9 Å². The number of phenols is 1. The third-order valence-electron chi connectivity index (χ3n) is 8.05. The predicted molar refractivity (Wildman–Crippen MR) is 158 cm³/mol. The zero-order valence-electron chi connectivity index (χ0n) is 24.3. The number of carbonyl (C=O) groups excluding carboxylic acids is 4. The number of carbonyl (C=O) groups is 4. The van der Waals surface area contributed by atoms with Crippen molar-refractivity contribution < 1.29 is 29.4 Å². The van der Waals surface area contributed by atoms with Gasteiger partial charge in [-0.15, -0.1) is 0 Å². The number of aliphatic hydroxyl groups is 1. The van der Waals surface area contributed by atoms with Crippen molar-refractivity contribution in [2.75, 3.05) is 6.54 Å². The van der Waals surface area contributed by atoms with Crippen LogP contribution in [0.4, 0.5) is 0 Å². The van der Waals surface area contributed by atoms with Crippen molar-refractivity contribution in [2.45, 2.75) is 64.9 Å². The Morgan fingerprint density at radius 1 is 0.929 bits per heavy atom. The van der Waals surface area contributed by atoms with Crippen molar-refractivity contribution in [1.29, 1.82) is 0 Å². The molecule has 1 heterocycles. The minimum Gasteiger partial charge on any atom is -0.508 e. The zero-order valence-corrected chi connectivity index (χ0v) is 24.3. The summed E-state index contributed by atoms with van der Waals surface area (Å²) in [6, 6.07) is 18.3. The standard InChI is InChI=1S/C33H37N3O6/c1-20-11-8-9-14-25(20)18-35-22(3)29(38)19-36(23(4)32(35)41)33(42)30(39)27(17-24-12-6-5-7-13-24)34-31(40)26-15-10-16-28(37)21(26)2/h5-16,22-23,27,30,37,39H,17-19H2,1-4H3,(H,34,40)/t22?,23-,27-,30-/m0/s1. The van der Waals surface area contributed by atoms with Crippen LogP contribution in [0.2, 0.25) is 0 Å². The molecule has 220 valence electrons. The van der Waals surface area contributed by atoms with E-state index in [9.17, 15) is 29.4 Å². The minimum absolute atomic E-state index is 0.0568. The highest BCUT2D eigenvalue weighted by Crippen LogP contribution is 2.23. The van der Waals surface area contributed by atoms with Gasteiger partial charge in [-0.3, -0.25) is 19.2 Å². The molecule has 3 aromatic rings. The number of aliphatic hydroxyl groups excluding tert-OH is 1. The molecule has 9 nitrogen and oxygen atoms in total. The third-order valence-corrected chi connectivity index (χ3v) is 8.05. The van der Waals surface area contributed by atoms with Gasteiger partial charge in [0.05, 0.1) is 18.6 Å². The Kier molecular flexibility index (Phi) is 9.42. The molecule has 0 radical (unpaired) electrons. The van der Waals surface area contributed by atoms with Gasteiger partial charge in [0.1, 0.15) is 11.8 Å². The Morgan fingerprint density at radius 2 is 1.60 bits per heavy atom. The van der Waals surface area contributed by atoms with Gasteiger partial charge in [0.25, 0.3) is 11.8 Å². The summed E-state index contributed by atoms with van der Waals surface area (Å²) < 4.78 is 0. The first-order chi connectivity index (χ1) is 20.0. The van der Waals surface area contributed by atoms with Gasteiger partial charge in [-0.25, -0.2) is 0 Å². The summed E-state index contributed by atoms with van der Waals surface area (Å²) in [6.07, 6.45) is -1.65. The second-order valence-corrected chi connectivity index (χ2v) is 10.8. The smallest absolute Gasteiger partial charge is 0.254 e. The largest absolute Gasteiger partial charge is 0.508 e. The van der Waals surface area contributed by atoms with Gasteiger partial charge in [-0.2, -0.15) is 0 Å². The Labute approximate surface area is 245 Å². The lowest BCUT2D eigenvalue weighted by atomic mass is 9.98. The van der Waals surface area contributed by atoms with Crippen LogP contribution in [-0.4, -0.2) is 74.3 Å². The molecule has 0 spiro atoms. The molecule has 3 aromatic carbocycles. The summed E-state index contributed by atoms with van der Waals surface area (Å²) in [7, 11) is 0. The molecular formula is C33H37N3O6. The lowest BCUT2D eigenvalue weighted by Gasteiger charge is -2.32. The van der Waals surface area contributed by atoms with Crippen molar-refractivity contribution in [2.24, 2.45) is 0 Å². The Bertz CT molecular complexity index is 1470. The summed E-state index contributed by atoms with van der Waals surface area (Å²) in [5.41, 5.74) is 3.18. The van der Waals surface area contributed by atoms with E-state index in [1.54, 1.807) is 32.9 Å². The van der Waals surface area contributed by atoms with Crippen molar-refractivity contribution in [1.82, 2.24) is 15.1 Å². The minimum atomic E-state index is -1.76. The Morgan fingerprint density at radius 3 is 2.29 bits per heavy atom. The summed E-state index contributed by atoms with van der Waals surface area (Å²) in [5, 5.41) is 24.2. The van der Waals surface area contributed by atoms with E-state index in [0.29, 0.717) is 5.56 Å². The van der Waals surface area contributed by atoms with E-state index in [1.165, 1.54) is 23.1 Å². The van der Waals surface area contributed by atoms with E-state index < -0.39 is 42.0 Å². The van der Waals surface area contributed by atoms with Gasteiger partial charge in [-0.05, 0) is 62.9 Å². The van der Waals surface area contributed by atoms with Gasteiger partial charge in [0, 0.05) is 17.7 Å². The molecule has 4 rings (SSSR count). The topological polar surface area (TPSA) is 127 Å². The highest BCUT2D eigenvalue weighted by Gasteiger charge is 2.42. The van der Waals surface area contributed by atoms with Gasteiger partial charge < -0.3 is 25.3 Å². The number of nitrogens with one attached hydrogen (secondary N) is 1. The number of hydrogen-bond donors (Lipinski definition) is 3. The first-order valence-corrected chi connectivity index (χ1v) is 14.0. The van der Waals surface area contributed by atoms with Gasteiger partial charge in [-0.1, -0.05) is 60.7 Å². The number of ketones is 1. The second-order valence-electron chi connectivity index (χ2n) is 10.8. The fraction of sp³-hybridized carbons (Fsp3) is 0.333. The summed E-state index contributed by atoms with van der Waals surface area (Å²) in [5.74, 6) is -2.20. The molecule has 9 heteroatoms. The number of hydrogen-bond acceptors (Lipinski definition) is 6. The average molecular weight is 572 g/mol. The number of aryl methyl sites for hydroxylation is 1. The lowest BCUT2D eigenvalue weighted by molar-refractivity contribution is -0.150. The van der Waals surface area contributed by atoms with Gasteiger partial charge in [0.2, 0.25) is 5.91 Å². The highest BCUT2D eigenvalue weighted by molar-refractivity contribution is 6.00. The maximum absolute atomic E-state index is 13.8. The van der Waals surface area contributed by atoms with Crippen LogP contribution in [0.3, 0.4) is 0 Å². The number of benzene rings is 3. The van der Waals surface area contributed by atoms with Crippen LogP contribution < -0.4 is 5.32 Å². The highest BCUT2D eigenvalue weighted by atomic mass is 16.3. The molecule has 0 aromatic heterocycles. The van der Waals surface area contributed by atoms with Crippen LogP contribution in [0.15, 0.2) is 72.8 Å². The van der Waals surface area contributed by atoms with Crippen LogP contribution >= 0.6 is 0 Å². The van der Waals surface area contributed by atoms with E-state index in [2.05, 4.69) is 5.32 Å². The molecule has 42 heavy (non-hydrogen) atoms. The molecule has 1 fully saturated rings. The SMILES string of the molecule is Cc1ccccc1CN1C(=O)[C@H](C)N(C(=O)[C@@H](O)[C@H](Cc2ccccc2)NC(=O)c2cccc(O)c2C)CC(=O)C1C. The fourth-order valence-corrected chi connectivity index (χ4v) is 5.20. The van der Waals surface area contributed by atoms with Crippen molar-refractivity contribution in [3.05, 3.63) is 101 Å². The molecule has 1 aliphatic heterocycles. The third kappa shape index (κ3) is 6.52. The molecule has 1 aliphatic rings. The molecule has 0 bridgehead atoms. The summed E-state index contributed by atoms with van der Waals surface area (Å²) in [4.78, 5) is 56.6. The number of phenolic OH excluding ortho intramolecular Hbond substituents is 1. The van der Waals surface area contributed by atoms with Gasteiger partial charge >= 0.3 is 0 Å².